The van der Waals surface area contributed by atoms with Gasteiger partial charge in [0.15, 0.2) is 5.82 Å². The average Bonchev–Trinajstić information content (AvgIpc) is 2.81. The molecule has 0 aliphatic rings. The van der Waals surface area contributed by atoms with Crippen LogP contribution in [0.4, 0.5) is 4.39 Å². The van der Waals surface area contributed by atoms with Gasteiger partial charge in [-0.3, -0.25) is 0 Å². The summed E-state index contributed by atoms with van der Waals surface area (Å²) in [4.78, 5) is 4.78. The summed E-state index contributed by atoms with van der Waals surface area (Å²) in [6.07, 6.45) is 1.42. The van der Waals surface area contributed by atoms with Crippen LogP contribution in [0.1, 0.15) is 10.4 Å². The molecule has 1 N–H and O–H groups in total. The van der Waals surface area contributed by atoms with E-state index in [2.05, 4.69) is 4.98 Å². The third-order valence-corrected chi connectivity index (χ3v) is 2.89. The topological polar surface area (TPSA) is 42.4 Å². The lowest BCUT2D eigenvalue weighted by atomic mass is 10.3. The lowest BCUT2D eigenvalue weighted by molar-refractivity contribution is 0.258. The molecule has 2 aromatic rings. The predicted octanol–water partition coefficient (Wildman–Crippen LogP) is 2.35. The standard InChI is InChI=1S/C11H10FNO2S/c12-10-8(6-14)3-4-13-11(10)15-7-9-2-1-5-16-9/h1-5,14H,6-7H2. The third kappa shape index (κ3) is 2.37. The maximum Gasteiger partial charge on any atom is 0.251 e. The van der Waals surface area contributed by atoms with E-state index in [-0.39, 0.29) is 24.7 Å². The van der Waals surface area contributed by atoms with Crippen LogP contribution < -0.4 is 4.74 Å². The van der Waals surface area contributed by atoms with Crippen LogP contribution in [0.2, 0.25) is 0 Å². The van der Waals surface area contributed by atoms with Crippen molar-refractivity contribution < 1.29 is 14.2 Å². The van der Waals surface area contributed by atoms with Crippen molar-refractivity contribution in [3.63, 3.8) is 0 Å². The zero-order chi connectivity index (χ0) is 11.4. The fourth-order valence-electron chi connectivity index (χ4n) is 1.22. The maximum absolute atomic E-state index is 13.6. The minimum Gasteiger partial charge on any atom is -0.470 e. The molecule has 0 saturated heterocycles. The molecule has 0 saturated carbocycles. The van der Waals surface area contributed by atoms with Gasteiger partial charge in [-0.1, -0.05) is 6.07 Å². The van der Waals surface area contributed by atoms with Crippen molar-refractivity contribution in [1.82, 2.24) is 4.98 Å². The highest BCUT2D eigenvalue weighted by Gasteiger charge is 2.10. The Morgan fingerprint density at radius 3 is 3.00 bits per heavy atom. The van der Waals surface area contributed by atoms with E-state index in [0.717, 1.165) is 4.88 Å². The fraction of sp³-hybridized carbons (Fsp3) is 0.182. The number of hydrogen-bond donors (Lipinski definition) is 1. The Morgan fingerprint density at radius 1 is 1.44 bits per heavy atom. The Bertz CT molecular complexity index is 459. The van der Waals surface area contributed by atoms with E-state index in [0.29, 0.717) is 0 Å². The van der Waals surface area contributed by atoms with Crippen molar-refractivity contribution in [1.29, 1.82) is 0 Å². The first-order valence-corrected chi connectivity index (χ1v) is 5.58. The number of aliphatic hydroxyl groups excluding tert-OH is 1. The smallest absolute Gasteiger partial charge is 0.251 e. The highest BCUT2D eigenvalue weighted by atomic mass is 32.1. The van der Waals surface area contributed by atoms with Crippen molar-refractivity contribution >= 4 is 11.3 Å². The Kier molecular flexibility index (Phi) is 3.48. The molecule has 0 aliphatic heterocycles. The molecule has 0 bridgehead atoms. The van der Waals surface area contributed by atoms with E-state index in [1.807, 2.05) is 17.5 Å². The van der Waals surface area contributed by atoms with Crippen LogP contribution in [0, 0.1) is 5.82 Å². The van der Waals surface area contributed by atoms with Crippen molar-refractivity contribution in [2.75, 3.05) is 0 Å². The van der Waals surface area contributed by atoms with Crippen LogP contribution in [0.15, 0.2) is 29.8 Å². The molecule has 3 nitrogen and oxygen atoms in total. The van der Waals surface area contributed by atoms with Gasteiger partial charge in [-0.15, -0.1) is 11.3 Å². The largest absolute Gasteiger partial charge is 0.470 e. The lowest BCUT2D eigenvalue weighted by Gasteiger charge is -2.06. The number of hydrogen-bond acceptors (Lipinski definition) is 4. The molecule has 0 radical (unpaired) electrons. The summed E-state index contributed by atoms with van der Waals surface area (Å²) in [7, 11) is 0. The second-order valence-corrected chi connectivity index (χ2v) is 4.15. The van der Waals surface area contributed by atoms with Gasteiger partial charge in [0.2, 0.25) is 0 Å². The SMILES string of the molecule is OCc1ccnc(OCc2cccs2)c1F. The minimum absolute atomic E-state index is 0.0695. The first-order valence-electron chi connectivity index (χ1n) is 4.70. The Morgan fingerprint density at radius 2 is 2.31 bits per heavy atom. The molecule has 0 fully saturated rings. The van der Waals surface area contributed by atoms with Crippen molar-refractivity contribution in [2.45, 2.75) is 13.2 Å². The van der Waals surface area contributed by atoms with Gasteiger partial charge in [-0.05, 0) is 17.5 Å². The van der Waals surface area contributed by atoms with Crippen LogP contribution in [0.3, 0.4) is 0 Å². The van der Waals surface area contributed by atoms with Gasteiger partial charge in [0, 0.05) is 16.6 Å². The number of rotatable bonds is 4. The summed E-state index contributed by atoms with van der Waals surface area (Å²) in [5.41, 5.74) is 0.191. The third-order valence-electron chi connectivity index (χ3n) is 2.04. The molecule has 0 unspecified atom stereocenters. The Labute approximate surface area is 96.2 Å². The molecule has 16 heavy (non-hydrogen) atoms. The average molecular weight is 239 g/mol. The highest BCUT2D eigenvalue weighted by molar-refractivity contribution is 7.09. The van der Waals surface area contributed by atoms with Gasteiger partial charge < -0.3 is 9.84 Å². The Hall–Kier alpha value is -1.46. The molecule has 2 aromatic heterocycles. The summed E-state index contributed by atoms with van der Waals surface area (Å²) in [5.74, 6) is -0.665. The summed E-state index contributed by atoms with van der Waals surface area (Å²) in [6.45, 7) is -0.0693. The van der Waals surface area contributed by atoms with E-state index in [1.54, 1.807) is 0 Å². The molecule has 84 valence electrons. The second-order valence-electron chi connectivity index (χ2n) is 3.12. The number of aromatic nitrogens is 1. The fourth-order valence-corrected chi connectivity index (χ4v) is 1.84. The summed E-state index contributed by atoms with van der Waals surface area (Å²) in [6, 6.07) is 5.23. The number of nitrogens with zero attached hydrogens (tertiary/aromatic N) is 1. The molecule has 2 heterocycles. The van der Waals surface area contributed by atoms with Gasteiger partial charge in [0.1, 0.15) is 6.61 Å². The van der Waals surface area contributed by atoms with Crippen molar-refractivity contribution in [3.8, 4) is 5.88 Å². The van der Waals surface area contributed by atoms with Crippen molar-refractivity contribution in [2.24, 2.45) is 0 Å². The van der Waals surface area contributed by atoms with E-state index in [1.165, 1.54) is 23.6 Å². The monoisotopic (exact) mass is 239 g/mol. The molecule has 0 aromatic carbocycles. The van der Waals surface area contributed by atoms with Crippen LogP contribution >= 0.6 is 11.3 Å². The minimum atomic E-state index is -0.596. The quantitative estimate of drug-likeness (QED) is 0.890. The summed E-state index contributed by atoms with van der Waals surface area (Å²) >= 11 is 1.53. The number of halogens is 1. The zero-order valence-corrected chi connectivity index (χ0v) is 9.21. The first-order chi connectivity index (χ1) is 7.81. The van der Waals surface area contributed by atoms with E-state index in [9.17, 15) is 4.39 Å². The van der Waals surface area contributed by atoms with Gasteiger partial charge in [0.25, 0.3) is 5.88 Å². The zero-order valence-electron chi connectivity index (χ0n) is 8.39. The predicted molar refractivity (Wildman–Crippen MR) is 58.8 cm³/mol. The van der Waals surface area contributed by atoms with Crippen LogP contribution in [0.5, 0.6) is 5.88 Å². The molecule has 0 atom stereocenters. The Balaban J connectivity index is 2.09. The molecule has 5 heteroatoms. The molecule has 0 amide bonds. The number of ether oxygens (including phenoxy) is 1. The van der Waals surface area contributed by atoms with Crippen molar-refractivity contribution in [3.05, 3.63) is 46.0 Å². The van der Waals surface area contributed by atoms with Gasteiger partial charge in [0.05, 0.1) is 6.61 Å². The maximum atomic E-state index is 13.6. The molecule has 2 rings (SSSR count). The first kappa shape index (κ1) is 11.0. The van der Waals surface area contributed by atoms with Crippen LogP contribution in [0.25, 0.3) is 0 Å². The molecule has 0 spiro atoms. The highest BCUT2D eigenvalue weighted by Crippen LogP contribution is 2.19. The van der Waals surface area contributed by atoms with Gasteiger partial charge >= 0.3 is 0 Å². The number of thiophene rings is 1. The summed E-state index contributed by atoms with van der Waals surface area (Å²) in [5, 5.41) is 10.8. The second kappa shape index (κ2) is 5.05. The van der Waals surface area contributed by atoms with Gasteiger partial charge in [-0.2, -0.15) is 0 Å². The molecular formula is C11H10FNO2S. The molecular weight excluding hydrogens is 229 g/mol. The number of pyridine rings is 1. The van der Waals surface area contributed by atoms with E-state index >= 15 is 0 Å². The van der Waals surface area contributed by atoms with Gasteiger partial charge in [-0.25, -0.2) is 9.37 Å². The molecule has 0 aliphatic carbocycles. The van der Waals surface area contributed by atoms with Crippen LogP contribution in [-0.2, 0) is 13.2 Å². The summed E-state index contributed by atoms with van der Waals surface area (Å²) < 4.78 is 18.8. The lowest BCUT2D eigenvalue weighted by Crippen LogP contribution is -2.01. The van der Waals surface area contributed by atoms with E-state index < -0.39 is 5.82 Å². The normalized spacial score (nSPS) is 10.4. The van der Waals surface area contributed by atoms with E-state index in [4.69, 9.17) is 9.84 Å². The number of aliphatic hydroxyl groups is 1. The van der Waals surface area contributed by atoms with Crippen LogP contribution in [-0.4, -0.2) is 10.1 Å².